The normalized spacial score (nSPS) is 34.5. The van der Waals surface area contributed by atoms with Crippen molar-refractivity contribution in [3.63, 3.8) is 0 Å². The second-order valence-electron chi connectivity index (χ2n) is 5.97. The van der Waals surface area contributed by atoms with E-state index in [0.717, 1.165) is 5.56 Å². The molecule has 1 aliphatic heterocycles. The molecule has 6 heteroatoms. The fraction of sp³-hybridized carbons (Fsp3) is 0.625. The molecule has 22 heavy (non-hydrogen) atoms. The number of hydrogen-bond acceptors (Lipinski definition) is 6. The van der Waals surface area contributed by atoms with Crippen LogP contribution in [-0.2, 0) is 0 Å². The van der Waals surface area contributed by atoms with Crippen LogP contribution in [0.15, 0.2) is 30.3 Å². The van der Waals surface area contributed by atoms with E-state index in [1.54, 1.807) is 0 Å². The molecular formula is C16H25NO5. The first kappa shape index (κ1) is 17.3. The Morgan fingerprint density at radius 1 is 1.00 bits per heavy atom. The maximum Gasteiger partial charge on any atom is 0.136 e. The van der Waals surface area contributed by atoms with Crippen LogP contribution in [0.25, 0.3) is 0 Å². The Kier molecular flexibility index (Phi) is 5.91. The van der Waals surface area contributed by atoms with E-state index in [1.165, 1.54) is 4.90 Å². The van der Waals surface area contributed by atoms with Gasteiger partial charge in [0.1, 0.15) is 24.5 Å². The van der Waals surface area contributed by atoms with Gasteiger partial charge in [-0.05, 0) is 17.9 Å². The standard InChI is InChI=1S/C16H25NO5/c1-10(11-5-3-2-4-6-11)7-8-17-12(9-18)13(19)14(20)15(21)16(17)22/h2-6,10,12-16,18-22H,7-9H2,1H3/t10?,12-,13-,14+,15-,16?/m1/s1. The number of likely N-dealkylation sites (tertiary alicyclic amines) is 1. The highest BCUT2D eigenvalue weighted by atomic mass is 16.4. The Balaban J connectivity index is 2.03. The lowest BCUT2D eigenvalue weighted by atomic mass is 9.91. The number of piperidine rings is 1. The van der Waals surface area contributed by atoms with E-state index >= 15 is 0 Å². The summed E-state index contributed by atoms with van der Waals surface area (Å²) in [6.45, 7) is 2.05. The van der Waals surface area contributed by atoms with E-state index in [9.17, 15) is 25.5 Å². The zero-order valence-corrected chi connectivity index (χ0v) is 12.7. The number of rotatable bonds is 5. The molecule has 0 spiro atoms. The van der Waals surface area contributed by atoms with Crippen molar-refractivity contribution in [2.24, 2.45) is 0 Å². The molecule has 2 unspecified atom stereocenters. The summed E-state index contributed by atoms with van der Waals surface area (Å²) in [5.74, 6) is 0.230. The summed E-state index contributed by atoms with van der Waals surface area (Å²) < 4.78 is 0. The Bertz CT molecular complexity index is 457. The summed E-state index contributed by atoms with van der Waals surface area (Å²) in [6, 6.07) is 9.11. The van der Waals surface area contributed by atoms with Crippen molar-refractivity contribution in [3.05, 3.63) is 35.9 Å². The molecule has 0 bridgehead atoms. The van der Waals surface area contributed by atoms with Gasteiger partial charge in [-0.1, -0.05) is 37.3 Å². The largest absolute Gasteiger partial charge is 0.395 e. The molecule has 1 heterocycles. The summed E-state index contributed by atoms with van der Waals surface area (Å²) in [4.78, 5) is 1.46. The highest BCUT2D eigenvalue weighted by Crippen LogP contribution is 2.26. The van der Waals surface area contributed by atoms with Gasteiger partial charge in [0, 0.05) is 6.54 Å². The van der Waals surface area contributed by atoms with Gasteiger partial charge in [0.05, 0.1) is 12.6 Å². The molecule has 0 saturated carbocycles. The van der Waals surface area contributed by atoms with Gasteiger partial charge >= 0.3 is 0 Å². The molecule has 6 nitrogen and oxygen atoms in total. The summed E-state index contributed by atoms with van der Waals surface area (Å²) in [7, 11) is 0. The van der Waals surface area contributed by atoms with Gasteiger partial charge < -0.3 is 25.5 Å². The second kappa shape index (κ2) is 7.50. The van der Waals surface area contributed by atoms with Gasteiger partial charge in [-0.15, -0.1) is 0 Å². The lowest BCUT2D eigenvalue weighted by Gasteiger charge is -2.46. The molecule has 5 N–H and O–H groups in total. The monoisotopic (exact) mass is 311 g/mol. The van der Waals surface area contributed by atoms with Crippen LogP contribution >= 0.6 is 0 Å². The van der Waals surface area contributed by atoms with Crippen LogP contribution < -0.4 is 0 Å². The smallest absolute Gasteiger partial charge is 0.136 e. The molecule has 2 rings (SSSR count). The highest BCUT2D eigenvalue weighted by molar-refractivity contribution is 5.18. The third-order valence-corrected chi connectivity index (χ3v) is 4.54. The van der Waals surface area contributed by atoms with Crippen molar-refractivity contribution in [1.29, 1.82) is 0 Å². The number of aliphatic hydroxyl groups excluding tert-OH is 5. The van der Waals surface area contributed by atoms with Crippen LogP contribution in [0.5, 0.6) is 0 Å². The quantitative estimate of drug-likeness (QED) is 0.490. The molecule has 1 aromatic carbocycles. The van der Waals surface area contributed by atoms with Gasteiger partial charge in [0.15, 0.2) is 0 Å². The van der Waals surface area contributed by atoms with Gasteiger partial charge in [-0.3, -0.25) is 4.90 Å². The SMILES string of the molecule is CC(CCN1C(O)[C@H](O)[C@@H](O)[C@H](O)[C@H]1CO)c1ccccc1. The van der Waals surface area contributed by atoms with E-state index in [1.807, 2.05) is 30.3 Å². The molecule has 124 valence electrons. The third-order valence-electron chi connectivity index (χ3n) is 4.54. The Labute approximate surface area is 130 Å². The van der Waals surface area contributed by atoms with Crippen LogP contribution in [0.1, 0.15) is 24.8 Å². The van der Waals surface area contributed by atoms with Crippen LogP contribution in [0.4, 0.5) is 0 Å². The average Bonchev–Trinajstić information content (AvgIpc) is 2.55. The van der Waals surface area contributed by atoms with Gasteiger partial charge in [-0.25, -0.2) is 0 Å². The third kappa shape index (κ3) is 3.48. The fourth-order valence-corrected chi connectivity index (χ4v) is 3.00. The van der Waals surface area contributed by atoms with Crippen LogP contribution in [0.2, 0.25) is 0 Å². The molecule has 0 aromatic heterocycles. The lowest BCUT2D eigenvalue weighted by Crippen LogP contribution is -2.67. The number of nitrogens with zero attached hydrogens (tertiary/aromatic N) is 1. The van der Waals surface area contributed by atoms with E-state index in [4.69, 9.17) is 0 Å². The first-order valence-electron chi connectivity index (χ1n) is 7.61. The van der Waals surface area contributed by atoms with E-state index in [2.05, 4.69) is 6.92 Å². The second-order valence-corrected chi connectivity index (χ2v) is 5.97. The molecule has 1 aliphatic rings. The highest BCUT2D eigenvalue weighted by Gasteiger charge is 2.46. The summed E-state index contributed by atoms with van der Waals surface area (Å²) in [5.41, 5.74) is 1.16. The first-order valence-corrected chi connectivity index (χ1v) is 7.61. The van der Waals surface area contributed by atoms with Crippen molar-refractivity contribution < 1.29 is 25.5 Å². The predicted molar refractivity (Wildman–Crippen MR) is 81.1 cm³/mol. The first-order chi connectivity index (χ1) is 10.5. The lowest BCUT2D eigenvalue weighted by molar-refractivity contribution is -0.222. The van der Waals surface area contributed by atoms with Gasteiger partial charge in [0.25, 0.3) is 0 Å². The molecule has 0 radical (unpaired) electrons. The fourth-order valence-electron chi connectivity index (χ4n) is 3.00. The van der Waals surface area contributed by atoms with E-state index in [-0.39, 0.29) is 5.92 Å². The maximum absolute atomic E-state index is 10.1. The van der Waals surface area contributed by atoms with Gasteiger partial charge in [-0.2, -0.15) is 0 Å². The number of aliphatic hydroxyl groups is 5. The van der Waals surface area contributed by atoms with Crippen LogP contribution in [0, 0.1) is 0 Å². The summed E-state index contributed by atoms with van der Waals surface area (Å²) in [5, 5.41) is 49.0. The minimum Gasteiger partial charge on any atom is -0.395 e. The van der Waals surface area contributed by atoms with E-state index < -0.39 is 37.2 Å². The molecule has 1 saturated heterocycles. The summed E-state index contributed by atoms with van der Waals surface area (Å²) in [6.07, 6.45) is -4.83. The van der Waals surface area contributed by atoms with Gasteiger partial charge in [0.2, 0.25) is 0 Å². The topological polar surface area (TPSA) is 104 Å². The van der Waals surface area contributed by atoms with Crippen LogP contribution in [-0.4, -0.2) is 74.2 Å². The van der Waals surface area contributed by atoms with Crippen molar-refractivity contribution in [3.8, 4) is 0 Å². The van der Waals surface area contributed by atoms with Crippen molar-refractivity contribution in [1.82, 2.24) is 4.90 Å². The molecule has 1 aromatic rings. The van der Waals surface area contributed by atoms with Crippen molar-refractivity contribution in [2.75, 3.05) is 13.2 Å². The molecule has 6 atom stereocenters. The van der Waals surface area contributed by atoms with E-state index in [0.29, 0.717) is 13.0 Å². The average molecular weight is 311 g/mol. The molecule has 0 amide bonds. The molecule has 0 aliphatic carbocycles. The maximum atomic E-state index is 10.1. The Hall–Kier alpha value is -1.02. The van der Waals surface area contributed by atoms with Crippen LogP contribution in [0.3, 0.4) is 0 Å². The number of hydrogen-bond donors (Lipinski definition) is 5. The Morgan fingerprint density at radius 3 is 2.23 bits per heavy atom. The van der Waals surface area contributed by atoms with Crippen molar-refractivity contribution >= 4 is 0 Å². The zero-order valence-electron chi connectivity index (χ0n) is 12.7. The molecular weight excluding hydrogens is 286 g/mol. The Morgan fingerprint density at radius 2 is 1.64 bits per heavy atom. The number of benzene rings is 1. The van der Waals surface area contributed by atoms with Crippen molar-refractivity contribution in [2.45, 2.75) is 49.8 Å². The minimum absolute atomic E-state index is 0.230. The summed E-state index contributed by atoms with van der Waals surface area (Å²) >= 11 is 0. The minimum atomic E-state index is -1.46. The predicted octanol–water partition coefficient (Wildman–Crippen LogP) is -0.742. The molecule has 1 fully saturated rings. The zero-order chi connectivity index (χ0) is 16.3.